The average molecular weight is 433 g/mol. The monoisotopic (exact) mass is 432 g/mol. The zero-order valence-electron chi connectivity index (χ0n) is 15.6. The first-order valence-corrected chi connectivity index (χ1v) is 9.53. The van der Waals surface area contributed by atoms with E-state index in [1.54, 1.807) is 26.3 Å². The first kappa shape index (κ1) is 20.8. The van der Waals surface area contributed by atoms with Crippen LogP contribution in [0.15, 0.2) is 58.0 Å². The van der Waals surface area contributed by atoms with Gasteiger partial charge in [0.05, 0.1) is 7.11 Å². The van der Waals surface area contributed by atoms with Crippen LogP contribution in [-0.4, -0.2) is 39.1 Å². The molecule has 0 aliphatic rings. The number of hydrogen-bond acceptors (Lipinski definition) is 3. The smallest absolute Gasteiger partial charge is 0.251 e. The Morgan fingerprint density at radius 2 is 1.74 bits per heavy atom. The van der Waals surface area contributed by atoms with E-state index in [0.29, 0.717) is 31.2 Å². The normalized spacial score (nSPS) is 11.0. The third-order valence-electron chi connectivity index (χ3n) is 3.90. The lowest BCUT2D eigenvalue weighted by Gasteiger charge is -2.14. The van der Waals surface area contributed by atoms with Gasteiger partial charge in [0.1, 0.15) is 5.75 Å². The minimum atomic E-state index is -0.0684. The fourth-order valence-electron chi connectivity index (χ4n) is 2.45. The highest BCUT2D eigenvalue weighted by Gasteiger charge is 2.05. The fraction of sp³-hybridized carbons (Fsp3) is 0.300. The Balaban J connectivity index is 1.67. The molecule has 2 aromatic rings. The molecule has 2 rings (SSSR count). The summed E-state index contributed by atoms with van der Waals surface area (Å²) in [5.74, 6) is 1.48. The molecule has 7 heteroatoms. The van der Waals surface area contributed by atoms with E-state index in [1.807, 2.05) is 36.4 Å². The maximum Gasteiger partial charge on any atom is 0.251 e. The van der Waals surface area contributed by atoms with Gasteiger partial charge in [0, 0.05) is 42.3 Å². The second kappa shape index (κ2) is 11.2. The van der Waals surface area contributed by atoms with Crippen LogP contribution in [0, 0.1) is 0 Å². The van der Waals surface area contributed by atoms with Crippen LogP contribution in [0.2, 0.25) is 0 Å². The Bertz CT molecular complexity index is 763. The molecule has 0 spiro atoms. The van der Waals surface area contributed by atoms with Gasteiger partial charge >= 0.3 is 0 Å². The van der Waals surface area contributed by atoms with E-state index in [2.05, 4.69) is 36.9 Å². The summed E-state index contributed by atoms with van der Waals surface area (Å²) in [4.78, 5) is 16.2. The Morgan fingerprint density at radius 3 is 2.44 bits per heavy atom. The number of ether oxygens (including phenoxy) is 1. The van der Waals surface area contributed by atoms with Gasteiger partial charge in [-0.3, -0.25) is 9.79 Å². The van der Waals surface area contributed by atoms with Gasteiger partial charge < -0.3 is 20.7 Å². The third-order valence-corrected chi connectivity index (χ3v) is 4.43. The van der Waals surface area contributed by atoms with Gasteiger partial charge in [-0.05, 0) is 36.8 Å². The number of hydrogen-bond donors (Lipinski definition) is 3. The summed E-state index contributed by atoms with van der Waals surface area (Å²) in [5, 5.41) is 9.41. The number of benzene rings is 2. The highest BCUT2D eigenvalue weighted by molar-refractivity contribution is 9.10. The number of nitrogens with one attached hydrogen (secondary N) is 3. The van der Waals surface area contributed by atoms with E-state index in [4.69, 9.17) is 4.74 Å². The van der Waals surface area contributed by atoms with Crippen molar-refractivity contribution in [2.75, 3.05) is 27.2 Å². The van der Waals surface area contributed by atoms with E-state index in [1.165, 1.54) is 0 Å². The zero-order valence-corrected chi connectivity index (χ0v) is 17.2. The molecule has 1 amide bonds. The molecule has 0 aliphatic carbocycles. The van der Waals surface area contributed by atoms with Gasteiger partial charge in [-0.1, -0.05) is 34.1 Å². The number of carbonyl (C=O) groups excluding carboxylic acids is 1. The molecule has 0 aliphatic heterocycles. The van der Waals surface area contributed by atoms with Crippen molar-refractivity contribution in [1.29, 1.82) is 0 Å². The van der Waals surface area contributed by atoms with Gasteiger partial charge in [0.15, 0.2) is 5.96 Å². The SMILES string of the molecule is CN=C(NCCCNC(=O)c1ccc(Br)cc1)NCc1ccccc1OC. The summed E-state index contributed by atoms with van der Waals surface area (Å²) in [7, 11) is 3.39. The number of guanidine groups is 1. The van der Waals surface area contributed by atoms with Gasteiger partial charge in [-0.25, -0.2) is 0 Å². The van der Waals surface area contributed by atoms with Crippen LogP contribution in [0.3, 0.4) is 0 Å². The molecular formula is C20H25BrN4O2. The summed E-state index contributed by atoms with van der Waals surface area (Å²) < 4.78 is 6.30. The molecule has 0 atom stereocenters. The van der Waals surface area contributed by atoms with E-state index in [9.17, 15) is 4.79 Å². The van der Waals surface area contributed by atoms with E-state index in [-0.39, 0.29) is 5.91 Å². The van der Waals surface area contributed by atoms with Gasteiger partial charge in [0.25, 0.3) is 5.91 Å². The fourth-order valence-corrected chi connectivity index (χ4v) is 2.71. The highest BCUT2D eigenvalue weighted by atomic mass is 79.9. The highest BCUT2D eigenvalue weighted by Crippen LogP contribution is 2.16. The van der Waals surface area contributed by atoms with Gasteiger partial charge in [-0.2, -0.15) is 0 Å². The average Bonchev–Trinajstić information content (AvgIpc) is 2.70. The molecule has 0 saturated carbocycles. The first-order chi connectivity index (χ1) is 13.1. The van der Waals surface area contributed by atoms with E-state index < -0.39 is 0 Å². The van der Waals surface area contributed by atoms with Crippen LogP contribution in [0.25, 0.3) is 0 Å². The minimum absolute atomic E-state index is 0.0684. The van der Waals surface area contributed by atoms with Crippen molar-refractivity contribution in [3.8, 4) is 5.75 Å². The Hall–Kier alpha value is -2.54. The lowest BCUT2D eigenvalue weighted by Crippen LogP contribution is -2.38. The van der Waals surface area contributed by atoms with Crippen LogP contribution in [-0.2, 0) is 6.54 Å². The molecule has 27 heavy (non-hydrogen) atoms. The van der Waals surface area contributed by atoms with Crippen LogP contribution in [0.1, 0.15) is 22.3 Å². The molecule has 2 aromatic carbocycles. The summed E-state index contributed by atoms with van der Waals surface area (Å²) in [6.45, 7) is 1.90. The van der Waals surface area contributed by atoms with Crippen LogP contribution >= 0.6 is 15.9 Å². The quantitative estimate of drug-likeness (QED) is 0.340. The lowest BCUT2D eigenvalue weighted by atomic mass is 10.2. The number of halogens is 1. The molecule has 0 unspecified atom stereocenters. The van der Waals surface area contributed by atoms with Crippen molar-refractivity contribution in [3.63, 3.8) is 0 Å². The molecule has 0 saturated heterocycles. The number of amides is 1. The van der Waals surface area contributed by atoms with Crippen molar-refractivity contribution >= 4 is 27.8 Å². The van der Waals surface area contributed by atoms with E-state index in [0.717, 1.165) is 22.2 Å². The number of nitrogens with zero attached hydrogens (tertiary/aromatic N) is 1. The molecule has 0 fully saturated rings. The Morgan fingerprint density at radius 1 is 1.04 bits per heavy atom. The maximum atomic E-state index is 12.0. The summed E-state index contributed by atoms with van der Waals surface area (Å²) in [6.07, 6.45) is 0.789. The lowest BCUT2D eigenvalue weighted by molar-refractivity contribution is 0.0953. The van der Waals surface area contributed by atoms with Crippen molar-refractivity contribution in [1.82, 2.24) is 16.0 Å². The molecule has 0 aromatic heterocycles. The van der Waals surface area contributed by atoms with Crippen molar-refractivity contribution in [2.24, 2.45) is 4.99 Å². The Kier molecular flexibility index (Phi) is 8.64. The number of carbonyl (C=O) groups is 1. The minimum Gasteiger partial charge on any atom is -0.496 e. The van der Waals surface area contributed by atoms with Crippen molar-refractivity contribution in [2.45, 2.75) is 13.0 Å². The topological polar surface area (TPSA) is 74.8 Å². The second-order valence-corrected chi connectivity index (χ2v) is 6.70. The van der Waals surface area contributed by atoms with Crippen LogP contribution in [0.4, 0.5) is 0 Å². The molecular weight excluding hydrogens is 408 g/mol. The zero-order chi connectivity index (χ0) is 19.5. The summed E-state index contributed by atoms with van der Waals surface area (Å²) in [5.41, 5.74) is 1.71. The molecule has 0 heterocycles. The molecule has 0 bridgehead atoms. The second-order valence-electron chi connectivity index (χ2n) is 5.78. The first-order valence-electron chi connectivity index (χ1n) is 8.74. The number of rotatable bonds is 8. The maximum absolute atomic E-state index is 12.0. The molecule has 3 N–H and O–H groups in total. The molecule has 0 radical (unpaired) electrons. The van der Waals surface area contributed by atoms with Gasteiger partial charge in [0.2, 0.25) is 0 Å². The summed E-state index contributed by atoms with van der Waals surface area (Å²) in [6, 6.07) is 15.2. The largest absolute Gasteiger partial charge is 0.496 e. The number of aliphatic imine (C=N–C) groups is 1. The third kappa shape index (κ3) is 6.94. The number of methoxy groups -OCH3 is 1. The molecule has 144 valence electrons. The van der Waals surface area contributed by atoms with Crippen molar-refractivity contribution < 1.29 is 9.53 Å². The van der Waals surface area contributed by atoms with E-state index >= 15 is 0 Å². The van der Waals surface area contributed by atoms with Gasteiger partial charge in [-0.15, -0.1) is 0 Å². The summed E-state index contributed by atoms with van der Waals surface area (Å²) >= 11 is 3.36. The van der Waals surface area contributed by atoms with Crippen LogP contribution in [0.5, 0.6) is 5.75 Å². The number of para-hydroxylation sites is 1. The molecule has 6 nitrogen and oxygen atoms in total. The Labute approximate surface area is 168 Å². The standard InChI is InChI=1S/C20H25BrN4O2/c1-22-20(25-14-16-6-3-4-7-18(16)27-2)24-13-5-12-23-19(26)15-8-10-17(21)11-9-15/h3-4,6-11H,5,12-14H2,1-2H3,(H,23,26)(H2,22,24,25). The predicted molar refractivity (Wildman–Crippen MR) is 112 cm³/mol. The van der Waals surface area contributed by atoms with Crippen molar-refractivity contribution in [3.05, 3.63) is 64.1 Å². The van der Waals surface area contributed by atoms with Crippen LogP contribution < -0.4 is 20.7 Å². The predicted octanol–water partition coefficient (Wildman–Crippen LogP) is 2.94.